The third kappa shape index (κ3) is 4.25. The number of imidazole rings is 1. The molecule has 0 aliphatic carbocycles. The number of benzene rings is 1. The quantitative estimate of drug-likeness (QED) is 0.720. The molecule has 0 spiro atoms. The average molecular weight is 365 g/mol. The molecule has 2 aromatic heterocycles. The smallest absolute Gasteiger partial charge is 0.325 e. The molecule has 27 heavy (non-hydrogen) atoms. The summed E-state index contributed by atoms with van der Waals surface area (Å²) >= 11 is 0. The summed E-state index contributed by atoms with van der Waals surface area (Å²) in [5, 5.41) is 0. The predicted octanol–water partition coefficient (Wildman–Crippen LogP) is 1.69. The molecule has 1 fully saturated rings. The fourth-order valence-corrected chi connectivity index (χ4v) is 3.85. The van der Waals surface area contributed by atoms with Crippen LogP contribution in [0.15, 0.2) is 58.4 Å². The van der Waals surface area contributed by atoms with Crippen LogP contribution in [0.2, 0.25) is 0 Å². The lowest BCUT2D eigenvalue weighted by atomic mass is 9.97. The molecule has 1 atom stereocenters. The second kappa shape index (κ2) is 7.75. The molecule has 1 aromatic carbocycles. The van der Waals surface area contributed by atoms with Gasteiger partial charge in [-0.2, -0.15) is 0 Å². The van der Waals surface area contributed by atoms with Crippen molar-refractivity contribution in [1.29, 1.82) is 0 Å². The number of hydrogen-bond donors (Lipinski definition) is 2. The number of aromatic amines is 2. The van der Waals surface area contributed by atoms with Crippen molar-refractivity contribution in [2.24, 2.45) is 0 Å². The highest BCUT2D eigenvalue weighted by molar-refractivity contribution is 5.16. The molecule has 3 aromatic rings. The highest BCUT2D eigenvalue weighted by Gasteiger charge is 2.25. The number of nitrogens with zero attached hydrogens (tertiary/aromatic N) is 3. The second-order valence-corrected chi connectivity index (χ2v) is 7.09. The van der Waals surface area contributed by atoms with Crippen LogP contribution in [-0.4, -0.2) is 37.5 Å². The molecule has 0 radical (unpaired) electrons. The summed E-state index contributed by atoms with van der Waals surface area (Å²) in [5.41, 5.74) is 1.09. The molecule has 0 bridgehead atoms. The maximum atomic E-state index is 11.5. The molecule has 1 aliphatic heterocycles. The van der Waals surface area contributed by atoms with Crippen LogP contribution >= 0.6 is 0 Å². The average Bonchev–Trinajstić information content (AvgIpc) is 3.10. The number of H-pyrrole nitrogens is 2. The van der Waals surface area contributed by atoms with E-state index in [0.717, 1.165) is 38.3 Å². The van der Waals surface area contributed by atoms with Gasteiger partial charge < -0.3 is 9.55 Å². The minimum absolute atomic E-state index is 0.339. The summed E-state index contributed by atoms with van der Waals surface area (Å²) in [4.78, 5) is 34.8. The highest BCUT2D eigenvalue weighted by Crippen LogP contribution is 2.27. The van der Waals surface area contributed by atoms with Crippen molar-refractivity contribution in [3.05, 3.63) is 86.7 Å². The van der Waals surface area contributed by atoms with E-state index in [1.54, 1.807) is 0 Å². The fraction of sp³-hybridized carbons (Fsp3) is 0.350. The van der Waals surface area contributed by atoms with Gasteiger partial charge in [-0.05, 0) is 24.9 Å². The number of hydrogen-bond acceptors (Lipinski definition) is 4. The van der Waals surface area contributed by atoms with Gasteiger partial charge in [0.15, 0.2) is 0 Å². The number of aromatic nitrogens is 4. The Labute approximate surface area is 156 Å². The Bertz CT molecular complexity index is 976. The summed E-state index contributed by atoms with van der Waals surface area (Å²) < 4.78 is 2.22. The van der Waals surface area contributed by atoms with E-state index in [9.17, 15) is 9.59 Å². The van der Waals surface area contributed by atoms with Gasteiger partial charge in [-0.3, -0.25) is 14.7 Å². The molecule has 2 N–H and O–H groups in total. The third-order valence-corrected chi connectivity index (χ3v) is 5.02. The second-order valence-electron chi connectivity index (χ2n) is 7.09. The lowest BCUT2D eigenvalue weighted by Gasteiger charge is -2.32. The summed E-state index contributed by atoms with van der Waals surface area (Å²) in [6.45, 7) is 3.19. The van der Waals surface area contributed by atoms with Crippen molar-refractivity contribution in [2.75, 3.05) is 13.1 Å². The number of likely N-dealkylation sites (tertiary alicyclic amines) is 1. The molecule has 1 unspecified atom stereocenters. The third-order valence-electron chi connectivity index (χ3n) is 5.02. The number of piperidine rings is 1. The Morgan fingerprint density at radius 3 is 2.78 bits per heavy atom. The van der Waals surface area contributed by atoms with Gasteiger partial charge in [-0.15, -0.1) is 0 Å². The van der Waals surface area contributed by atoms with Crippen LogP contribution in [0.3, 0.4) is 0 Å². The Balaban J connectivity index is 1.48. The van der Waals surface area contributed by atoms with Crippen molar-refractivity contribution in [1.82, 2.24) is 24.4 Å². The first-order chi connectivity index (χ1) is 13.2. The maximum Gasteiger partial charge on any atom is 0.325 e. The predicted molar refractivity (Wildman–Crippen MR) is 103 cm³/mol. The van der Waals surface area contributed by atoms with Crippen LogP contribution in [0.5, 0.6) is 0 Å². The summed E-state index contributed by atoms with van der Waals surface area (Å²) in [6, 6.07) is 11.8. The van der Waals surface area contributed by atoms with E-state index < -0.39 is 5.69 Å². The first-order valence-electron chi connectivity index (χ1n) is 9.27. The normalized spacial score (nSPS) is 17.9. The van der Waals surface area contributed by atoms with E-state index >= 15 is 0 Å². The van der Waals surface area contributed by atoms with Gasteiger partial charge in [0.25, 0.3) is 5.56 Å². The van der Waals surface area contributed by atoms with Gasteiger partial charge >= 0.3 is 5.69 Å². The van der Waals surface area contributed by atoms with Crippen molar-refractivity contribution in [2.45, 2.75) is 31.8 Å². The Kier molecular flexibility index (Phi) is 5.02. The first kappa shape index (κ1) is 17.5. The first-order valence-corrected chi connectivity index (χ1v) is 9.27. The van der Waals surface area contributed by atoms with Crippen LogP contribution in [-0.2, 0) is 13.1 Å². The van der Waals surface area contributed by atoms with Gasteiger partial charge in [0.05, 0.1) is 0 Å². The minimum Gasteiger partial charge on any atom is -0.330 e. The van der Waals surface area contributed by atoms with Crippen LogP contribution in [0.4, 0.5) is 0 Å². The minimum atomic E-state index is -0.454. The van der Waals surface area contributed by atoms with Crippen LogP contribution in [0.25, 0.3) is 0 Å². The monoisotopic (exact) mass is 365 g/mol. The Hall–Kier alpha value is -2.93. The van der Waals surface area contributed by atoms with Crippen LogP contribution in [0.1, 0.15) is 35.8 Å². The molecule has 1 saturated heterocycles. The summed E-state index contributed by atoms with van der Waals surface area (Å²) in [5.74, 6) is 1.44. The van der Waals surface area contributed by atoms with Crippen molar-refractivity contribution in [3.63, 3.8) is 0 Å². The zero-order valence-corrected chi connectivity index (χ0v) is 15.1. The van der Waals surface area contributed by atoms with E-state index in [1.807, 2.05) is 18.5 Å². The van der Waals surface area contributed by atoms with Crippen molar-refractivity contribution < 1.29 is 0 Å². The zero-order chi connectivity index (χ0) is 18.6. The molecule has 0 amide bonds. The lowest BCUT2D eigenvalue weighted by Crippen LogP contribution is -2.36. The van der Waals surface area contributed by atoms with Crippen LogP contribution < -0.4 is 11.2 Å². The molecule has 3 heterocycles. The molecule has 7 heteroatoms. The van der Waals surface area contributed by atoms with Crippen molar-refractivity contribution in [3.8, 4) is 0 Å². The van der Waals surface area contributed by atoms with E-state index in [2.05, 4.69) is 48.7 Å². The van der Waals surface area contributed by atoms with E-state index in [1.165, 1.54) is 11.6 Å². The maximum absolute atomic E-state index is 11.5. The lowest BCUT2D eigenvalue weighted by molar-refractivity contribution is 0.192. The summed E-state index contributed by atoms with van der Waals surface area (Å²) in [7, 11) is 0. The molecule has 140 valence electrons. The number of nitrogens with one attached hydrogen (secondary N) is 2. The topological polar surface area (TPSA) is 86.8 Å². The molecular formula is C20H23N5O2. The molecular weight excluding hydrogens is 342 g/mol. The SMILES string of the molecule is O=c1cc(CN2CCCC(c3nccn3Cc3ccccc3)C2)[nH]c(=O)[nH]1. The summed E-state index contributed by atoms with van der Waals surface area (Å²) in [6.07, 6.45) is 6.06. The Morgan fingerprint density at radius 1 is 1.11 bits per heavy atom. The van der Waals surface area contributed by atoms with Gasteiger partial charge in [0, 0.05) is 49.7 Å². The van der Waals surface area contributed by atoms with E-state index in [-0.39, 0.29) is 5.56 Å². The van der Waals surface area contributed by atoms with Gasteiger partial charge in [-0.25, -0.2) is 9.78 Å². The van der Waals surface area contributed by atoms with E-state index in [0.29, 0.717) is 18.2 Å². The number of rotatable bonds is 5. The Morgan fingerprint density at radius 2 is 1.96 bits per heavy atom. The highest BCUT2D eigenvalue weighted by atomic mass is 16.2. The van der Waals surface area contributed by atoms with Crippen molar-refractivity contribution >= 4 is 0 Å². The van der Waals surface area contributed by atoms with Gasteiger partial charge in [-0.1, -0.05) is 30.3 Å². The molecule has 7 nitrogen and oxygen atoms in total. The standard InChI is InChI=1S/C20H23N5O2/c26-18-11-17(22-20(27)23-18)14-24-9-4-7-16(13-24)19-21-8-10-25(19)12-15-5-2-1-3-6-15/h1-3,5-6,8,10-11,16H,4,7,9,12-14H2,(H2,22,23,26,27). The fourth-order valence-electron chi connectivity index (χ4n) is 3.85. The largest absolute Gasteiger partial charge is 0.330 e. The van der Waals surface area contributed by atoms with E-state index in [4.69, 9.17) is 0 Å². The molecule has 0 saturated carbocycles. The van der Waals surface area contributed by atoms with Crippen LogP contribution in [0, 0.1) is 0 Å². The van der Waals surface area contributed by atoms with Gasteiger partial charge in [0.2, 0.25) is 0 Å². The molecule has 4 rings (SSSR count). The van der Waals surface area contributed by atoms with Gasteiger partial charge in [0.1, 0.15) is 5.82 Å². The zero-order valence-electron chi connectivity index (χ0n) is 15.1. The molecule has 1 aliphatic rings.